The van der Waals surface area contributed by atoms with Crippen LogP contribution in [-0.4, -0.2) is 17.7 Å². The van der Waals surface area contributed by atoms with Crippen LogP contribution < -0.4 is 0 Å². The molecule has 1 N–H and O–H groups in total. The van der Waals surface area contributed by atoms with Crippen molar-refractivity contribution in [1.29, 1.82) is 5.26 Å². The van der Waals surface area contributed by atoms with Gasteiger partial charge in [0.15, 0.2) is 0 Å². The smallest absolute Gasteiger partial charge is 0.310 e. The Bertz CT molecular complexity index is 466. The molecule has 0 bridgehead atoms. The molecule has 1 rings (SSSR count). The molecule has 4 nitrogen and oxygen atoms in total. The minimum atomic E-state index is -0.444. The van der Waals surface area contributed by atoms with Crippen LogP contribution in [0, 0.1) is 11.3 Å². The number of carbonyl (C=O) groups is 1. The lowest BCUT2D eigenvalue weighted by atomic mass is 9.99. The summed E-state index contributed by atoms with van der Waals surface area (Å²) in [5.41, 5.74) is 1.16. The third kappa shape index (κ3) is 3.19. The van der Waals surface area contributed by atoms with Crippen LogP contribution in [0.15, 0.2) is 12.1 Å². The number of hydrogen-bond donors (Lipinski definition) is 1. The van der Waals surface area contributed by atoms with Crippen LogP contribution >= 0.6 is 11.6 Å². The fourth-order valence-electron chi connectivity index (χ4n) is 1.50. The Kier molecular flexibility index (Phi) is 4.95. The molecule has 0 aliphatic heterocycles. The van der Waals surface area contributed by atoms with Crippen LogP contribution in [0.1, 0.15) is 23.6 Å². The summed E-state index contributed by atoms with van der Waals surface area (Å²) in [4.78, 5) is 11.4. The molecule has 0 heterocycles. The molecule has 0 radical (unpaired) electrons. The lowest BCUT2D eigenvalue weighted by molar-refractivity contribution is -0.142. The van der Waals surface area contributed by atoms with E-state index in [1.54, 1.807) is 6.92 Å². The molecular weight excluding hydrogens is 242 g/mol. The Labute approximate surface area is 104 Å². The van der Waals surface area contributed by atoms with Crippen molar-refractivity contribution in [1.82, 2.24) is 0 Å². The van der Waals surface area contributed by atoms with Crippen molar-refractivity contribution in [3.8, 4) is 6.07 Å². The van der Waals surface area contributed by atoms with Gasteiger partial charge in [0.25, 0.3) is 0 Å². The standard InChI is InChI=1S/C12H12ClNO3/c1-2-17-12(16)5-9-8(6-14)3-4-11(13)10(9)7-15/h3-4,15H,2,5,7H2,1H3. The van der Waals surface area contributed by atoms with Crippen molar-refractivity contribution >= 4 is 17.6 Å². The number of carbonyl (C=O) groups excluding carboxylic acids is 1. The van der Waals surface area contributed by atoms with Gasteiger partial charge in [-0.25, -0.2) is 0 Å². The van der Waals surface area contributed by atoms with Crippen molar-refractivity contribution in [2.45, 2.75) is 20.0 Å². The second kappa shape index (κ2) is 6.24. The minimum Gasteiger partial charge on any atom is -0.466 e. The summed E-state index contributed by atoms with van der Waals surface area (Å²) in [5, 5.41) is 18.5. The number of aliphatic hydroxyl groups is 1. The maximum Gasteiger partial charge on any atom is 0.310 e. The number of nitriles is 1. The molecule has 0 saturated heterocycles. The predicted molar refractivity (Wildman–Crippen MR) is 62.4 cm³/mol. The highest BCUT2D eigenvalue weighted by atomic mass is 35.5. The van der Waals surface area contributed by atoms with E-state index in [2.05, 4.69) is 0 Å². The van der Waals surface area contributed by atoms with Crippen molar-refractivity contribution < 1.29 is 14.6 Å². The Hall–Kier alpha value is -1.57. The molecule has 0 saturated carbocycles. The van der Waals surface area contributed by atoms with Gasteiger partial charge in [0.1, 0.15) is 0 Å². The maximum absolute atomic E-state index is 11.4. The predicted octanol–water partition coefficient (Wildman–Crippen LogP) is 1.81. The topological polar surface area (TPSA) is 70.3 Å². The van der Waals surface area contributed by atoms with Gasteiger partial charge < -0.3 is 9.84 Å². The van der Waals surface area contributed by atoms with E-state index in [1.807, 2.05) is 6.07 Å². The van der Waals surface area contributed by atoms with Crippen molar-refractivity contribution in [3.05, 3.63) is 33.8 Å². The molecule has 0 aliphatic carbocycles. The van der Waals surface area contributed by atoms with Crippen LogP contribution in [0.25, 0.3) is 0 Å². The average molecular weight is 254 g/mol. The largest absolute Gasteiger partial charge is 0.466 e. The maximum atomic E-state index is 11.4. The Morgan fingerprint density at radius 3 is 2.76 bits per heavy atom. The highest BCUT2D eigenvalue weighted by Crippen LogP contribution is 2.24. The van der Waals surface area contributed by atoms with Gasteiger partial charge in [0, 0.05) is 10.6 Å². The molecule has 0 amide bonds. The van der Waals surface area contributed by atoms with Crippen LogP contribution in [0.3, 0.4) is 0 Å². The monoisotopic (exact) mass is 253 g/mol. The zero-order chi connectivity index (χ0) is 12.8. The summed E-state index contributed by atoms with van der Waals surface area (Å²) in [6.07, 6.45) is -0.0623. The molecular formula is C12H12ClNO3. The number of esters is 1. The fraction of sp³-hybridized carbons (Fsp3) is 0.333. The second-order valence-electron chi connectivity index (χ2n) is 3.30. The van der Waals surface area contributed by atoms with E-state index in [4.69, 9.17) is 21.6 Å². The number of ether oxygens (including phenoxy) is 1. The van der Waals surface area contributed by atoms with E-state index < -0.39 is 5.97 Å². The molecule has 0 atom stereocenters. The van der Waals surface area contributed by atoms with Gasteiger partial charge in [-0.2, -0.15) is 5.26 Å². The van der Waals surface area contributed by atoms with Crippen LogP contribution in [-0.2, 0) is 22.6 Å². The van der Waals surface area contributed by atoms with Gasteiger partial charge in [0.05, 0.1) is 31.3 Å². The molecule has 1 aromatic rings. The van der Waals surface area contributed by atoms with E-state index in [-0.39, 0.29) is 19.6 Å². The summed E-state index contributed by atoms with van der Waals surface area (Å²) in [6.45, 7) is 1.66. The SMILES string of the molecule is CCOC(=O)Cc1c(C#N)ccc(Cl)c1CO. The van der Waals surface area contributed by atoms with Gasteiger partial charge >= 0.3 is 5.97 Å². The molecule has 0 aliphatic rings. The quantitative estimate of drug-likeness (QED) is 0.831. The third-order valence-electron chi connectivity index (χ3n) is 2.28. The van der Waals surface area contributed by atoms with Gasteiger partial charge in [-0.15, -0.1) is 0 Å². The Morgan fingerprint density at radius 1 is 1.53 bits per heavy atom. The molecule has 90 valence electrons. The van der Waals surface area contributed by atoms with E-state index in [1.165, 1.54) is 12.1 Å². The zero-order valence-corrected chi connectivity index (χ0v) is 10.1. The molecule has 0 spiro atoms. The van der Waals surface area contributed by atoms with Crippen LogP contribution in [0.5, 0.6) is 0 Å². The number of nitrogens with zero attached hydrogens (tertiary/aromatic N) is 1. The normalized spacial score (nSPS) is 9.76. The number of rotatable bonds is 4. The molecule has 1 aromatic carbocycles. The first kappa shape index (κ1) is 13.5. The molecule has 0 fully saturated rings. The molecule has 5 heteroatoms. The van der Waals surface area contributed by atoms with Crippen molar-refractivity contribution in [3.63, 3.8) is 0 Å². The van der Waals surface area contributed by atoms with Crippen LogP contribution in [0.2, 0.25) is 5.02 Å². The third-order valence-corrected chi connectivity index (χ3v) is 2.63. The van der Waals surface area contributed by atoms with E-state index in [9.17, 15) is 9.90 Å². The van der Waals surface area contributed by atoms with Gasteiger partial charge in [-0.1, -0.05) is 11.6 Å². The molecule has 0 aromatic heterocycles. The number of hydrogen-bond acceptors (Lipinski definition) is 4. The number of benzene rings is 1. The van der Waals surface area contributed by atoms with Gasteiger partial charge in [-0.05, 0) is 24.6 Å². The first-order chi connectivity index (χ1) is 8.13. The summed E-state index contributed by atoms with van der Waals surface area (Å²) in [5.74, 6) is -0.444. The lowest BCUT2D eigenvalue weighted by Crippen LogP contribution is -2.11. The van der Waals surface area contributed by atoms with Crippen molar-refractivity contribution in [2.75, 3.05) is 6.61 Å². The minimum absolute atomic E-state index is 0.0623. The van der Waals surface area contributed by atoms with Gasteiger partial charge in [-0.3, -0.25) is 4.79 Å². The first-order valence-corrected chi connectivity index (χ1v) is 5.48. The fourth-order valence-corrected chi connectivity index (χ4v) is 1.74. The summed E-state index contributed by atoms with van der Waals surface area (Å²) < 4.78 is 4.81. The van der Waals surface area contributed by atoms with Crippen molar-refractivity contribution in [2.24, 2.45) is 0 Å². The highest BCUT2D eigenvalue weighted by Gasteiger charge is 2.15. The lowest BCUT2D eigenvalue weighted by Gasteiger charge is -2.10. The van der Waals surface area contributed by atoms with E-state index in [0.29, 0.717) is 21.7 Å². The number of aliphatic hydroxyl groups excluding tert-OH is 1. The number of halogens is 1. The first-order valence-electron chi connectivity index (χ1n) is 5.10. The summed E-state index contributed by atoms with van der Waals surface area (Å²) >= 11 is 5.90. The molecule has 0 unspecified atom stereocenters. The Morgan fingerprint density at radius 2 is 2.24 bits per heavy atom. The second-order valence-corrected chi connectivity index (χ2v) is 3.71. The average Bonchev–Trinajstić information content (AvgIpc) is 2.30. The Balaban J connectivity index is 3.15. The highest BCUT2D eigenvalue weighted by molar-refractivity contribution is 6.31. The van der Waals surface area contributed by atoms with E-state index >= 15 is 0 Å². The van der Waals surface area contributed by atoms with Gasteiger partial charge in [0.2, 0.25) is 0 Å². The summed E-state index contributed by atoms with van der Waals surface area (Å²) in [6, 6.07) is 5.02. The zero-order valence-electron chi connectivity index (χ0n) is 9.36. The molecule has 17 heavy (non-hydrogen) atoms. The van der Waals surface area contributed by atoms with E-state index in [0.717, 1.165) is 0 Å². The summed E-state index contributed by atoms with van der Waals surface area (Å²) in [7, 11) is 0. The van der Waals surface area contributed by atoms with Crippen LogP contribution in [0.4, 0.5) is 0 Å².